The predicted octanol–water partition coefficient (Wildman–Crippen LogP) is 2.14. The van der Waals surface area contributed by atoms with Gasteiger partial charge in [-0.15, -0.1) is 0 Å². The summed E-state index contributed by atoms with van der Waals surface area (Å²) >= 11 is 0. The molecule has 4 heteroatoms. The van der Waals surface area contributed by atoms with Crippen molar-refractivity contribution in [1.29, 1.82) is 0 Å². The molecule has 0 saturated heterocycles. The number of nitrogens with two attached hydrogens (primary N) is 1. The van der Waals surface area contributed by atoms with Crippen molar-refractivity contribution in [2.75, 3.05) is 44.5 Å². The van der Waals surface area contributed by atoms with Crippen LogP contribution in [0.4, 0.5) is 11.4 Å². The Labute approximate surface area is 109 Å². The molecule has 2 N–H and O–H groups in total. The zero-order chi connectivity index (χ0) is 13.0. The van der Waals surface area contributed by atoms with E-state index < -0.39 is 0 Å². The lowest BCUT2D eigenvalue weighted by molar-refractivity contribution is 0.131. The first-order valence-corrected chi connectivity index (χ1v) is 6.43. The van der Waals surface area contributed by atoms with Crippen molar-refractivity contribution >= 4 is 11.4 Å². The Kier molecular flexibility index (Phi) is 4.31. The van der Waals surface area contributed by atoms with Gasteiger partial charge in [0.2, 0.25) is 0 Å². The Morgan fingerprint density at radius 1 is 1.39 bits per heavy atom. The monoisotopic (exact) mass is 250 g/mol. The average molecular weight is 250 g/mol. The standard InChI is InChI=1S/C14H22N2O2/c1-16(7-8-18-10-11-3-4-11)14-6-5-12(17-2)9-13(14)15/h5-6,9,11H,3-4,7-8,10,15H2,1-2H3. The van der Waals surface area contributed by atoms with E-state index in [1.165, 1.54) is 12.8 Å². The van der Waals surface area contributed by atoms with Crippen LogP contribution in [-0.4, -0.2) is 33.9 Å². The third kappa shape index (κ3) is 3.53. The topological polar surface area (TPSA) is 47.7 Å². The number of hydrogen-bond acceptors (Lipinski definition) is 4. The maximum absolute atomic E-state index is 6.00. The van der Waals surface area contributed by atoms with Gasteiger partial charge in [0.1, 0.15) is 5.75 Å². The van der Waals surface area contributed by atoms with Crippen LogP contribution in [0.3, 0.4) is 0 Å². The zero-order valence-corrected chi connectivity index (χ0v) is 11.2. The van der Waals surface area contributed by atoms with Gasteiger partial charge < -0.3 is 20.1 Å². The van der Waals surface area contributed by atoms with Crippen LogP contribution in [-0.2, 0) is 4.74 Å². The van der Waals surface area contributed by atoms with Gasteiger partial charge in [0, 0.05) is 26.3 Å². The maximum atomic E-state index is 6.00. The molecule has 1 saturated carbocycles. The minimum atomic E-state index is 0.735. The molecule has 1 aromatic rings. The Morgan fingerprint density at radius 2 is 2.17 bits per heavy atom. The second-order valence-corrected chi connectivity index (χ2v) is 4.86. The summed E-state index contributed by atoms with van der Waals surface area (Å²) < 4.78 is 10.8. The van der Waals surface area contributed by atoms with Crippen LogP contribution < -0.4 is 15.4 Å². The molecule has 0 aliphatic heterocycles. The normalized spacial score (nSPS) is 14.6. The van der Waals surface area contributed by atoms with Crippen LogP contribution in [0.2, 0.25) is 0 Å². The fourth-order valence-electron chi connectivity index (χ4n) is 1.86. The summed E-state index contributed by atoms with van der Waals surface area (Å²) in [5.74, 6) is 1.61. The van der Waals surface area contributed by atoms with Gasteiger partial charge in [-0.05, 0) is 30.9 Å². The molecule has 18 heavy (non-hydrogen) atoms. The molecule has 0 spiro atoms. The number of hydrogen-bond donors (Lipinski definition) is 1. The third-order valence-electron chi connectivity index (χ3n) is 3.27. The van der Waals surface area contributed by atoms with E-state index in [0.29, 0.717) is 0 Å². The van der Waals surface area contributed by atoms with E-state index >= 15 is 0 Å². The second-order valence-electron chi connectivity index (χ2n) is 4.86. The summed E-state index contributed by atoms with van der Waals surface area (Å²) in [4.78, 5) is 2.11. The number of likely N-dealkylation sites (N-methyl/N-ethyl adjacent to an activating group) is 1. The number of anilines is 2. The van der Waals surface area contributed by atoms with E-state index in [1.54, 1.807) is 7.11 Å². The fraction of sp³-hybridized carbons (Fsp3) is 0.571. The van der Waals surface area contributed by atoms with E-state index in [0.717, 1.165) is 42.8 Å². The van der Waals surface area contributed by atoms with Crippen molar-refractivity contribution in [3.8, 4) is 5.75 Å². The summed E-state index contributed by atoms with van der Waals surface area (Å²) in [5, 5.41) is 0. The lowest BCUT2D eigenvalue weighted by Gasteiger charge is -2.21. The van der Waals surface area contributed by atoms with Crippen LogP contribution >= 0.6 is 0 Å². The van der Waals surface area contributed by atoms with Gasteiger partial charge in [0.15, 0.2) is 0 Å². The van der Waals surface area contributed by atoms with Crippen LogP contribution in [0.5, 0.6) is 5.75 Å². The highest BCUT2D eigenvalue weighted by Crippen LogP contribution is 2.29. The summed E-state index contributed by atoms with van der Waals surface area (Å²) in [7, 11) is 3.67. The summed E-state index contributed by atoms with van der Waals surface area (Å²) in [6, 6.07) is 5.75. The minimum absolute atomic E-state index is 0.735. The first-order chi connectivity index (χ1) is 8.70. The van der Waals surface area contributed by atoms with Crippen molar-refractivity contribution in [2.45, 2.75) is 12.8 Å². The summed E-state index contributed by atoms with van der Waals surface area (Å²) in [5.41, 5.74) is 7.75. The molecular weight excluding hydrogens is 228 g/mol. The maximum Gasteiger partial charge on any atom is 0.121 e. The van der Waals surface area contributed by atoms with E-state index in [1.807, 2.05) is 25.2 Å². The molecule has 1 aromatic carbocycles. The zero-order valence-electron chi connectivity index (χ0n) is 11.2. The number of benzene rings is 1. The van der Waals surface area contributed by atoms with Crippen molar-refractivity contribution in [3.63, 3.8) is 0 Å². The molecule has 0 aromatic heterocycles. The minimum Gasteiger partial charge on any atom is -0.497 e. The number of methoxy groups -OCH3 is 1. The Morgan fingerprint density at radius 3 is 2.78 bits per heavy atom. The Bertz CT molecular complexity index is 391. The first-order valence-electron chi connectivity index (χ1n) is 6.43. The van der Waals surface area contributed by atoms with Crippen molar-refractivity contribution in [3.05, 3.63) is 18.2 Å². The largest absolute Gasteiger partial charge is 0.497 e. The third-order valence-corrected chi connectivity index (χ3v) is 3.27. The second kappa shape index (κ2) is 5.96. The van der Waals surface area contributed by atoms with Crippen molar-refractivity contribution < 1.29 is 9.47 Å². The SMILES string of the molecule is COc1ccc(N(C)CCOCC2CC2)c(N)c1. The first kappa shape index (κ1) is 13.0. The quantitative estimate of drug-likeness (QED) is 0.595. The molecule has 1 aliphatic rings. The Balaban J connectivity index is 1.81. The molecule has 0 bridgehead atoms. The smallest absolute Gasteiger partial charge is 0.121 e. The summed E-state index contributed by atoms with van der Waals surface area (Å²) in [6.07, 6.45) is 2.67. The number of ether oxygens (including phenoxy) is 2. The predicted molar refractivity (Wildman–Crippen MR) is 74.2 cm³/mol. The highest BCUT2D eigenvalue weighted by atomic mass is 16.5. The molecule has 2 rings (SSSR count). The highest BCUT2D eigenvalue weighted by Gasteiger charge is 2.21. The molecule has 0 amide bonds. The van der Waals surface area contributed by atoms with Crippen LogP contribution in [0.1, 0.15) is 12.8 Å². The number of nitrogen functional groups attached to an aromatic ring is 1. The number of rotatable bonds is 7. The van der Waals surface area contributed by atoms with Gasteiger partial charge >= 0.3 is 0 Å². The van der Waals surface area contributed by atoms with Crippen molar-refractivity contribution in [2.24, 2.45) is 5.92 Å². The highest BCUT2D eigenvalue weighted by molar-refractivity contribution is 5.69. The molecule has 4 nitrogen and oxygen atoms in total. The van der Waals surface area contributed by atoms with Gasteiger partial charge in [-0.3, -0.25) is 0 Å². The average Bonchev–Trinajstić information content (AvgIpc) is 3.18. The lowest BCUT2D eigenvalue weighted by Crippen LogP contribution is -2.23. The number of nitrogens with zero attached hydrogens (tertiary/aromatic N) is 1. The summed E-state index contributed by atoms with van der Waals surface area (Å²) in [6.45, 7) is 2.51. The van der Waals surface area contributed by atoms with Gasteiger partial charge in [-0.1, -0.05) is 0 Å². The van der Waals surface area contributed by atoms with E-state index in [-0.39, 0.29) is 0 Å². The van der Waals surface area contributed by atoms with Crippen LogP contribution in [0.15, 0.2) is 18.2 Å². The van der Waals surface area contributed by atoms with Crippen molar-refractivity contribution in [1.82, 2.24) is 0 Å². The van der Waals surface area contributed by atoms with Gasteiger partial charge in [-0.2, -0.15) is 0 Å². The molecule has 1 fully saturated rings. The fourth-order valence-corrected chi connectivity index (χ4v) is 1.86. The van der Waals surface area contributed by atoms with E-state index in [9.17, 15) is 0 Å². The van der Waals surface area contributed by atoms with Gasteiger partial charge in [0.05, 0.1) is 25.1 Å². The molecule has 100 valence electrons. The van der Waals surface area contributed by atoms with Gasteiger partial charge in [-0.25, -0.2) is 0 Å². The van der Waals surface area contributed by atoms with E-state index in [4.69, 9.17) is 15.2 Å². The molecule has 0 unspecified atom stereocenters. The van der Waals surface area contributed by atoms with Crippen LogP contribution in [0.25, 0.3) is 0 Å². The molecular formula is C14H22N2O2. The lowest BCUT2D eigenvalue weighted by atomic mass is 10.2. The van der Waals surface area contributed by atoms with Gasteiger partial charge in [0.25, 0.3) is 0 Å². The van der Waals surface area contributed by atoms with E-state index in [2.05, 4.69) is 4.90 Å². The van der Waals surface area contributed by atoms with Crippen LogP contribution in [0, 0.1) is 5.92 Å². The molecule has 1 aliphatic carbocycles. The molecule has 0 radical (unpaired) electrons. The molecule has 0 heterocycles. The molecule has 0 atom stereocenters. The Hall–Kier alpha value is -1.42.